The molecule has 8 heteroatoms. The Bertz CT molecular complexity index is 1500. The minimum absolute atomic E-state index is 0.0856. The number of fused-ring (bicyclic) bond motifs is 3. The van der Waals surface area contributed by atoms with Crippen molar-refractivity contribution in [2.45, 2.75) is 29.7 Å². The first kappa shape index (κ1) is 28.1. The van der Waals surface area contributed by atoms with E-state index >= 15 is 0 Å². The zero-order valence-corrected chi connectivity index (χ0v) is 23.8. The third kappa shape index (κ3) is 6.47. The molecule has 1 aliphatic rings. The predicted molar refractivity (Wildman–Crippen MR) is 161 cm³/mol. The predicted octanol–water partition coefficient (Wildman–Crippen LogP) is 7.90. The summed E-state index contributed by atoms with van der Waals surface area (Å²) >= 11 is 13.4. The highest BCUT2D eigenvalue weighted by Crippen LogP contribution is 2.44. The molecule has 5 nitrogen and oxygen atoms in total. The molecule has 0 fully saturated rings. The van der Waals surface area contributed by atoms with Gasteiger partial charge in [-0.1, -0.05) is 89.9 Å². The molecule has 0 spiro atoms. The maximum absolute atomic E-state index is 13.3. The molecule has 204 valence electrons. The molecule has 0 bridgehead atoms. The number of para-hydroxylation sites is 1. The molecule has 0 aliphatic heterocycles. The first-order valence-electron chi connectivity index (χ1n) is 12.9. The van der Waals surface area contributed by atoms with Gasteiger partial charge in [-0.2, -0.15) is 0 Å². The van der Waals surface area contributed by atoms with Crippen molar-refractivity contribution >= 4 is 46.8 Å². The number of amides is 1. The summed E-state index contributed by atoms with van der Waals surface area (Å²) < 4.78 is 5.69. The topological polar surface area (TPSA) is 75.6 Å². The van der Waals surface area contributed by atoms with Crippen molar-refractivity contribution < 1.29 is 19.4 Å². The molecule has 1 aliphatic carbocycles. The van der Waals surface area contributed by atoms with Crippen LogP contribution in [0.3, 0.4) is 0 Å². The van der Waals surface area contributed by atoms with Crippen molar-refractivity contribution in [1.29, 1.82) is 0 Å². The second kappa shape index (κ2) is 12.8. The first-order valence-corrected chi connectivity index (χ1v) is 14.6. The second-order valence-electron chi connectivity index (χ2n) is 9.52. The molecule has 0 unspecified atom stereocenters. The number of alkyl carbamates (subject to hydrolysis) is 1. The number of carbonyl (C=O) groups excluding carboxylic acids is 2. The largest absolute Gasteiger partial charge is 0.507 e. The van der Waals surface area contributed by atoms with Gasteiger partial charge in [0.25, 0.3) is 0 Å². The smallest absolute Gasteiger partial charge is 0.407 e. The standard InChI is InChI=1S/C32H27Cl2NO4S/c33-26-15-13-20(17-27(26)34)14-16-29(36)28(19-40-31-12-6-5-11-30(31)37)35-32(38)39-18-25-23-9-3-1-7-21(23)22-8-2-4-10-24(22)25/h1-13,15,17,25,28,37H,14,16,18-19H2,(H,35,38)/t28-/m1/s1. The second-order valence-corrected chi connectivity index (χ2v) is 11.4. The lowest BCUT2D eigenvalue weighted by Crippen LogP contribution is -2.43. The Labute approximate surface area is 247 Å². The Morgan fingerprint density at radius 3 is 2.20 bits per heavy atom. The number of phenols is 1. The fourth-order valence-corrected chi connectivity index (χ4v) is 6.21. The molecule has 4 aromatic rings. The van der Waals surface area contributed by atoms with Crippen LogP contribution in [-0.2, 0) is 16.0 Å². The monoisotopic (exact) mass is 591 g/mol. The molecule has 0 saturated heterocycles. The Morgan fingerprint density at radius 1 is 0.875 bits per heavy atom. The highest BCUT2D eigenvalue weighted by Gasteiger charge is 2.30. The van der Waals surface area contributed by atoms with E-state index in [2.05, 4.69) is 29.6 Å². The Morgan fingerprint density at radius 2 is 1.52 bits per heavy atom. The number of phenolic OH excluding ortho intramolecular Hbond substituents is 1. The summed E-state index contributed by atoms with van der Waals surface area (Å²) in [4.78, 5) is 26.9. The van der Waals surface area contributed by atoms with Crippen LogP contribution in [-0.4, -0.2) is 35.4 Å². The number of rotatable bonds is 10. The first-order chi connectivity index (χ1) is 19.4. The normalized spacial score (nSPS) is 12.8. The van der Waals surface area contributed by atoms with Gasteiger partial charge in [-0.3, -0.25) is 4.79 Å². The third-order valence-corrected chi connectivity index (χ3v) is 8.83. The highest BCUT2D eigenvalue weighted by atomic mass is 35.5. The lowest BCUT2D eigenvalue weighted by atomic mass is 9.98. The Kier molecular flexibility index (Phi) is 9.00. The van der Waals surface area contributed by atoms with E-state index in [1.807, 2.05) is 36.4 Å². The van der Waals surface area contributed by atoms with Crippen LogP contribution in [0.1, 0.15) is 29.0 Å². The minimum atomic E-state index is -0.817. The lowest BCUT2D eigenvalue weighted by Gasteiger charge is -2.19. The number of carbonyl (C=O) groups is 2. The fourth-order valence-electron chi connectivity index (χ4n) is 4.89. The number of thioether (sulfide) groups is 1. The molecule has 0 saturated carbocycles. The van der Waals surface area contributed by atoms with Gasteiger partial charge in [0.15, 0.2) is 5.78 Å². The summed E-state index contributed by atoms with van der Waals surface area (Å²) in [6.07, 6.45) is -0.0272. The molecule has 5 rings (SSSR count). The van der Waals surface area contributed by atoms with Gasteiger partial charge < -0.3 is 15.2 Å². The molecule has 2 N–H and O–H groups in total. The van der Waals surface area contributed by atoms with Crippen molar-refractivity contribution in [3.05, 3.63) is 118 Å². The molecule has 0 heterocycles. The van der Waals surface area contributed by atoms with Gasteiger partial charge >= 0.3 is 6.09 Å². The van der Waals surface area contributed by atoms with Crippen LogP contribution in [0, 0.1) is 0 Å². The van der Waals surface area contributed by atoms with E-state index in [4.69, 9.17) is 27.9 Å². The lowest BCUT2D eigenvalue weighted by molar-refractivity contribution is -0.120. The Hall–Kier alpha value is -3.45. The number of aromatic hydroxyl groups is 1. The molecule has 0 radical (unpaired) electrons. The van der Waals surface area contributed by atoms with Crippen molar-refractivity contribution in [2.24, 2.45) is 0 Å². The number of halogens is 2. The van der Waals surface area contributed by atoms with E-state index in [1.54, 1.807) is 30.3 Å². The number of hydrogen-bond donors (Lipinski definition) is 2. The van der Waals surface area contributed by atoms with Crippen LogP contribution in [0.25, 0.3) is 11.1 Å². The van der Waals surface area contributed by atoms with E-state index in [1.165, 1.54) is 11.8 Å². The average Bonchev–Trinajstić information content (AvgIpc) is 3.29. The van der Waals surface area contributed by atoms with Crippen LogP contribution in [0.2, 0.25) is 10.0 Å². The molecule has 1 amide bonds. The van der Waals surface area contributed by atoms with Gasteiger partial charge in [0.05, 0.1) is 10.0 Å². The summed E-state index contributed by atoms with van der Waals surface area (Å²) in [6, 6.07) is 27.6. The van der Waals surface area contributed by atoms with Gasteiger partial charge in [-0.05, 0) is 58.5 Å². The average molecular weight is 593 g/mol. The van der Waals surface area contributed by atoms with Crippen LogP contribution < -0.4 is 5.32 Å². The van der Waals surface area contributed by atoms with E-state index in [-0.39, 0.29) is 36.2 Å². The number of benzene rings is 4. The van der Waals surface area contributed by atoms with Crippen molar-refractivity contribution in [2.75, 3.05) is 12.4 Å². The van der Waals surface area contributed by atoms with Crippen LogP contribution in [0.15, 0.2) is 95.9 Å². The summed E-state index contributed by atoms with van der Waals surface area (Å²) in [5.74, 6) is 0.123. The molecule has 0 aromatic heterocycles. The van der Waals surface area contributed by atoms with Gasteiger partial charge in [0.1, 0.15) is 18.4 Å². The van der Waals surface area contributed by atoms with Crippen molar-refractivity contribution in [1.82, 2.24) is 5.32 Å². The van der Waals surface area contributed by atoms with Gasteiger partial charge in [0, 0.05) is 23.0 Å². The molecule has 4 aromatic carbocycles. The Balaban J connectivity index is 1.26. The summed E-state index contributed by atoms with van der Waals surface area (Å²) in [7, 11) is 0. The molecular weight excluding hydrogens is 565 g/mol. The maximum Gasteiger partial charge on any atom is 0.407 e. The van der Waals surface area contributed by atoms with E-state index in [0.717, 1.165) is 27.8 Å². The SMILES string of the molecule is O=C(N[C@H](CSc1ccccc1O)C(=O)CCc1ccc(Cl)c(Cl)c1)OCC1c2ccccc2-c2ccccc21. The fraction of sp³-hybridized carbons (Fsp3) is 0.188. The van der Waals surface area contributed by atoms with E-state index < -0.39 is 12.1 Å². The zero-order chi connectivity index (χ0) is 28.1. The van der Waals surface area contributed by atoms with Gasteiger partial charge in [-0.15, -0.1) is 11.8 Å². The molecule has 40 heavy (non-hydrogen) atoms. The highest BCUT2D eigenvalue weighted by molar-refractivity contribution is 7.99. The number of aryl methyl sites for hydroxylation is 1. The zero-order valence-electron chi connectivity index (χ0n) is 21.5. The molecular formula is C32H27Cl2NO4S. The number of Topliss-reactive ketones (excluding diaryl/α,β-unsaturated/α-hetero) is 1. The van der Waals surface area contributed by atoms with Crippen molar-refractivity contribution in [3.8, 4) is 16.9 Å². The summed E-state index contributed by atoms with van der Waals surface area (Å²) in [5.41, 5.74) is 5.38. The number of nitrogens with one attached hydrogen (secondary N) is 1. The third-order valence-electron chi connectivity index (χ3n) is 6.94. The number of hydrogen-bond acceptors (Lipinski definition) is 5. The van der Waals surface area contributed by atoms with Crippen LogP contribution in [0.5, 0.6) is 5.75 Å². The van der Waals surface area contributed by atoms with Gasteiger partial charge in [-0.25, -0.2) is 4.79 Å². The number of ketones is 1. The minimum Gasteiger partial charge on any atom is -0.507 e. The van der Waals surface area contributed by atoms with Crippen molar-refractivity contribution in [3.63, 3.8) is 0 Å². The van der Waals surface area contributed by atoms with Crippen LogP contribution in [0.4, 0.5) is 4.79 Å². The summed E-state index contributed by atoms with van der Waals surface area (Å²) in [6.45, 7) is 0.149. The number of ether oxygens (including phenoxy) is 1. The van der Waals surface area contributed by atoms with Gasteiger partial charge in [0.2, 0.25) is 0 Å². The van der Waals surface area contributed by atoms with E-state index in [0.29, 0.717) is 21.4 Å². The summed E-state index contributed by atoms with van der Waals surface area (Å²) in [5, 5.41) is 13.8. The maximum atomic E-state index is 13.3. The molecule has 1 atom stereocenters. The van der Waals surface area contributed by atoms with E-state index in [9.17, 15) is 14.7 Å². The quantitative estimate of drug-likeness (QED) is 0.183. The van der Waals surface area contributed by atoms with Crippen LogP contribution >= 0.6 is 35.0 Å².